The molecule has 0 aliphatic carbocycles. The zero-order valence-corrected chi connectivity index (χ0v) is 76.0. The van der Waals surface area contributed by atoms with Crippen molar-refractivity contribution in [1.82, 2.24) is 69.9 Å². The van der Waals surface area contributed by atoms with Crippen LogP contribution < -0.4 is 50.4 Å². The maximum absolute atomic E-state index is 14.3. The number of halogens is 5. The summed E-state index contributed by atoms with van der Waals surface area (Å²) >= 11 is 0. The van der Waals surface area contributed by atoms with Crippen molar-refractivity contribution in [2.24, 2.45) is 0 Å². The number of nitrogens with one attached hydrogen (secondary N) is 2. The van der Waals surface area contributed by atoms with Gasteiger partial charge in [0.05, 0.1) is 169 Å². The number of carbonyl (C=O) groups is 1. The van der Waals surface area contributed by atoms with Gasteiger partial charge in [0.1, 0.15) is 40.5 Å². The number of rotatable bonds is 17. The number of nitrogen functional groups attached to an aromatic ring is 1. The van der Waals surface area contributed by atoms with E-state index in [1.54, 1.807) is 81.7 Å². The number of hydrogen-bond acceptors (Lipinski definition) is 27. The minimum Gasteiger partial charge on any atom is -0.496 e. The molecule has 0 spiro atoms. The fourth-order valence-corrected chi connectivity index (χ4v) is 18.0. The van der Waals surface area contributed by atoms with Crippen molar-refractivity contribution in [1.29, 1.82) is 0 Å². The standard InChI is InChI=1S/C26H19F2N5O2S.C25H30N6O3.C25H31N5O4.C24H15F3N4O/c1-35-26-24(33-36(2,34)25-6-4-19(27)13-22(25)28)12-18(14-30-26)16-3-5-23-21(11-16)20(8-9-29-23)17-7-10-31-32-15-17;1-16-14-33-11-9-30(16)23-20-7-8-21(18-5-4-6-19(13-18)24(32)26-3)27-22(20)28-25(29-23)31-10-12-34-15-17(31)2;1-16-14-33-10-8-29(16)24-20-5-6-21(18-4-7-22(32-3)19(12-18)13-31)26-23(20)27-25(28-24)30-9-11-34-15-17(30)2;25-24(26,27)17-2-1-3-18(11-17)31-22(32)9-6-16-13-29-20-7-4-14(10-19(20)23(16)31)15-5-8-21(28)30-12-15/h3-15H,2H2,1H3,(H,33,34);4-8,13,16-17H,9-12,14-15H2,1-3H3,(H,26,32);4-7,12,16-17,31H,8-11,13-15H2,1-3H3;1-13H,(H2,28,30)/t;2*16-,17-;/m.00./s1. The average molecular weight is 1860 g/mol. The maximum atomic E-state index is 14.3. The van der Waals surface area contributed by atoms with Crippen LogP contribution in [0.3, 0.4) is 0 Å². The normalized spacial score (nSPS) is 16.7. The van der Waals surface area contributed by atoms with Gasteiger partial charge in [-0.05, 0) is 196 Å². The first-order valence-electron chi connectivity index (χ1n) is 43.8. The predicted molar refractivity (Wildman–Crippen MR) is 515 cm³/mol. The monoisotopic (exact) mass is 1860 g/mol. The third-order valence-corrected chi connectivity index (χ3v) is 25.4. The Kier molecular flexibility index (Phi) is 27.6. The SMILES string of the molecule is C=S(=O)(Nc1cc(-c2ccc3nccc(-c4ccnnc4)c3c2)cnc1OC)c1ccc(F)cc1F.CNC(=O)c1cccc(-c2ccc3c(N4CCOC[C@@H]4C)nc(N4CCOC[C@@H]4C)nc3n2)c1.COc1ccc(-c2ccc3c(N4CCOC[C@@H]4C)nc(N4CCOC[C@@H]4C)nc3n2)cc1CO.Nc1ccc(-c2ccc3ncc4ccc(=O)n(-c5cccc(C(F)(F)F)c5)c4c3c2)cn1. The molecule has 36 heteroatoms. The maximum Gasteiger partial charge on any atom is 0.416 e. The van der Waals surface area contributed by atoms with Gasteiger partial charge in [0.25, 0.3) is 11.5 Å². The lowest BCUT2D eigenvalue weighted by Gasteiger charge is -2.37. The Morgan fingerprint density at radius 3 is 1.72 bits per heavy atom. The molecule has 4 aliphatic rings. The Morgan fingerprint density at radius 1 is 0.544 bits per heavy atom. The van der Waals surface area contributed by atoms with Crippen molar-refractivity contribution in [3.8, 4) is 73.2 Å². The van der Waals surface area contributed by atoms with Gasteiger partial charge in [-0.3, -0.25) is 24.1 Å². The molecule has 4 saturated heterocycles. The van der Waals surface area contributed by atoms with E-state index in [0.29, 0.717) is 127 Å². The van der Waals surface area contributed by atoms with Crippen LogP contribution in [-0.2, 0) is 41.4 Å². The van der Waals surface area contributed by atoms with Crippen molar-refractivity contribution in [2.45, 2.75) is 69.5 Å². The van der Waals surface area contributed by atoms with Crippen molar-refractivity contribution < 1.29 is 64.5 Å². The zero-order chi connectivity index (χ0) is 95.1. The Balaban J connectivity index is 0.000000126. The van der Waals surface area contributed by atoms with Gasteiger partial charge < -0.3 is 68.9 Å². The number of morpholine rings is 4. The second-order valence-electron chi connectivity index (χ2n) is 32.8. The molecule has 6 aromatic carbocycles. The van der Waals surface area contributed by atoms with Gasteiger partial charge in [0.15, 0.2) is 11.3 Å². The number of carbonyl (C=O) groups excluding carboxylic acids is 1. The van der Waals surface area contributed by atoms with Gasteiger partial charge in [0.2, 0.25) is 17.8 Å². The Hall–Kier alpha value is -15.0. The number of benzene rings is 6. The molecule has 4 fully saturated rings. The van der Waals surface area contributed by atoms with E-state index in [-0.39, 0.29) is 58.8 Å². The Morgan fingerprint density at radius 2 is 1.14 bits per heavy atom. The van der Waals surface area contributed by atoms with Crippen LogP contribution in [0.4, 0.5) is 57.0 Å². The molecule has 10 aromatic heterocycles. The van der Waals surface area contributed by atoms with Crippen LogP contribution in [0.25, 0.3) is 116 Å². The molecule has 1 unspecified atom stereocenters. The first kappa shape index (κ1) is 92.9. The lowest BCUT2D eigenvalue weighted by Crippen LogP contribution is -2.46. The first-order valence-corrected chi connectivity index (χ1v) is 45.5. The number of ether oxygens (including phenoxy) is 6. The molecule has 0 saturated carbocycles. The summed E-state index contributed by atoms with van der Waals surface area (Å²) in [7, 11) is 1.23. The second-order valence-corrected chi connectivity index (χ2v) is 34.8. The highest BCUT2D eigenvalue weighted by Gasteiger charge is 2.34. The van der Waals surface area contributed by atoms with Crippen LogP contribution in [0.1, 0.15) is 49.2 Å². The minimum absolute atomic E-state index is 0.106. The topological polar surface area (TPSA) is 349 Å². The number of anilines is 6. The number of hydrogen-bond donors (Lipinski definition) is 4. The number of nitrogens with two attached hydrogens (primary N) is 1. The number of methoxy groups -OCH3 is 2. The van der Waals surface area contributed by atoms with Gasteiger partial charge in [-0.1, -0.05) is 30.3 Å². The van der Waals surface area contributed by atoms with E-state index in [1.165, 1.54) is 29.9 Å². The molecule has 30 nitrogen and oxygen atoms in total. The van der Waals surface area contributed by atoms with Crippen LogP contribution in [-0.4, -0.2) is 210 Å². The smallest absolute Gasteiger partial charge is 0.416 e. The molecule has 696 valence electrons. The summed E-state index contributed by atoms with van der Waals surface area (Å²) in [5, 5.41) is 24.2. The van der Waals surface area contributed by atoms with Crippen molar-refractivity contribution >= 4 is 111 Å². The number of aromatic nitrogens is 13. The van der Waals surface area contributed by atoms with Gasteiger partial charge in [-0.25, -0.2) is 32.9 Å². The summed E-state index contributed by atoms with van der Waals surface area (Å²) < 4.78 is 118. The quantitative estimate of drug-likeness (QED) is 0.0374. The molecule has 4 aliphatic heterocycles. The minimum atomic E-state index is -4.52. The number of amides is 1. The molecule has 14 heterocycles. The predicted octanol–water partition coefficient (Wildman–Crippen LogP) is 15.5. The van der Waals surface area contributed by atoms with E-state index in [4.69, 9.17) is 64.1 Å². The lowest BCUT2D eigenvalue weighted by atomic mass is 9.99. The second kappa shape index (κ2) is 40.5. The van der Waals surface area contributed by atoms with Crippen LogP contribution in [0, 0.1) is 11.6 Å². The zero-order valence-electron chi connectivity index (χ0n) is 75.2. The molecule has 20 rings (SSSR count). The van der Waals surface area contributed by atoms with Crippen LogP contribution in [0.5, 0.6) is 11.6 Å². The van der Waals surface area contributed by atoms with E-state index >= 15 is 0 Å². The highest BCUT2D eigenvalue weighted by molar-refractivity contribution is 8.01. The Bertz CT molecular complexity index is 7330. The van der Waals surface area contributed by atoms with E-state index in [2.05, 4.69) is 93.3 Å². The molecular weight excluding hydrogens is 1770 g/mol. The number of pyridine rings is 7. The third-order valence-electron chi connectivity index (χ3n) is 23.8. The number of aliphatic hydroxyl groups excluding tert-OH is 1. The summed E-state index contributed by atoms with van der Waals surface area (Å²) in [4.78, 5) is 80.8. The highest BCUT2D eigenvalue weighted by atomic mass is 32.2. The fraction of sp³-hybridized carbons (Fsp3) is 0.250. The van der Waals surface area contributed by atoms with Gasteiger partial charge >= 0.3 is 6.18 Å². The average Bonchev–Trinajstić information content (AvgIpc) is 0.745. The molecule has 0 radical (unpaired) electrons. The van der Waals surface area contributed by atoms with Crippen LogP contribution in [0.15, 0.2) is 235 Å². The highest BCUT2D eigenvalue weighted by Crippen LogP contribution is 2.40. The van der Waals surface area contributed by atoms with Gasteiger partial charge in [-0.15, -0.1) is 0 Å². The lowest BCUT2D eigenvalue weighted by molar-refractivity contribution is -0.137. The van der Waals surface area contributed by atoms with Gasteiger partial charge in [-0.2, -0.15) is 43.3 Å². The summed E-state index contributed by atoms with van der Waals surface area (Å²) in [6.45, 7) is 16.7. The van der Waals surface area contributed by atoms with E-state index in [0.717, 1.165) is 140 Å². The molecule has 1 amide bonds. The van der Waals surface area contributed by atoms with Crippen LogP contribution >= 0.6 is 0 Å². The molecule has 5 atom stereocenters. The van der Waals surface area contributed by atoms with Gasteiger partial charge in [0, 0.05) is 131 Å². The largest absolute Gasteiger partial charge is 0.496 e. The Labute approximate surface area is 778 Å². The van der Waals surface area contributed by atoms with Crippen molar-refractivity contribution in [3.05, 3.63) is 264 Å². The summed E-state index contributed by atoms with van der Waals surface area (Å²) in [6, 6.07) is 52.6. The molecular formula is C100H95F5N20O10S. The van der Waals surface area contributed by atoms with E-state index in [9.17, 15) is 40.9 Å². The molecule has 136 heavy (non-hydrogen) atoms. The fourth-order valence-electron chi connectivity index (χ4n) is 16.7. The summed E-state index contributed by atoms with van der Waals surface area (Å²) in [5.41, 5.74) is 17.5. The van der Waals surface area contributed by atoms with E-state index in [1.807, 2.05) is 109 Å². The number of alkyl halides is 3. The third kappa shape index (κ3) is 20.1. The summed E-state index contributed by atoms with van der Waals surface area (Å²) in [5.74, 6) is 6.07. The van der Waals surface area contributed by atoms with Crippen molar-refractivity contribution in [3.63, 3.8) is 0 Å². The molecule has 0 bridgehead atoms. The number of aliphatic hydroxyl groups is 1. The first-order chi connectivity index (χ1) is 65.8. The molecule has 16 aromatic rings. The summed E-state index contributed by atoms with van der Waals surface area (Å²) in [6.07, 6.45) is 5.35. The van der Waals surface area contributed by atoms with Crippen molar-refractivity contribution in [2.75, 3.05) is 130 Å². The molecule has 5 N–H and O–H groups in total. The van der Waals surface area contributed by atoms with E-state index < -0.39 is 38.6 Å². The van der Waals surface area contributed by atoms with Crippen LogP contribution in [0.2, 0.25) is 0 Å². The number of fused-ring (bicyclic) bond motifs is 6. The number of nitrogens with zero attached hydrogens (tertiary/aromatic N) is 17.